The molecule has 1 fully saturated rings. The Hall–Kier alpha value is -1.14. The van der Waals surface area contributed by atoms with E-state index in [1.165, 1.54) is 0 Å². The predicted octanol–water partition coefficient (Wildman–Crippen LogP) is 0.655. The van der Waals surface area contributed by atoms with Crippen molar-refractivity contribution in [2.75, 3.05) is 26.4 Å². The summed E-state index contributed by atoms with van der Waals surface area (Å²) in [5, 5.41) is 11.6. The second-order valence-electron chi connectivity index (χ2n) is 5.27. The van der Waals surface area contributed by atoms with Crippen molar-refractivity contribution in [1.82, 2.24) is 5.32 Å². The van der Waals surface area contributed by atoms with Crippen LogP contribution in [0.25, 0.3) is 0 Å². The Bertz CT molecular complexity index is 299. The summed E-state index contributed by atoms with van der Waals surface area (Å²) in [6.45, 7) is 5.63. The molecule has 2 unspecified atom stereocenters. The molecule has 0 radical (unpaired) electrons. The van der Waals surface area contributed by atoms with Crippen molar-refractivity contribution >= 4 is 11.9 Å². The van der Waals surface area contributed by atoms with Gasteiger partial charge in [-0.25, -0.2) is 0 Å². The van der Waals surface area contributed by atoms with Crippen molar-refractivity contribution in [3.8, 4) is 0 Å². The van der Waals surface area contributed by atoms with Crippen LogP contribution in [0.5, 0.6) is 0 Å². The summed E-state index contributed by atoms with van der Waals surface area (Å²) >= 11 is 0. The number of aliphatic carboxylic acids is 1. The van der Waals surface area contributed by atoms with Gasteiger partial charge in [0.1, 0.15) is 0 Å². The lowest BCUT2D eigenvalue weighted by molar-refractivity contribution is -0.148. The van der Waals surface area contributed by atoms with Gasteiger partial charge in [0.05, 0.1) is 19.8 Å². The maximum Gasteiger partial charge on any atom is 0.303 e. The number of carboxylic acid groups (broad SMARTS) is 1. The summed E-state index contributed by atoms with van der Waals surface area (Å²) in [6, 6.07) is 0. The molecule has 6 heteroatoms. The minimum absolute atomic E-state index is 0.0500. The number of carbonyl (C=O) groups excluding carboxylic acids is 1. The minimum atomic E-state index is -0.836. The fourth-order valence-electron chi connectivity index (χ4n) is 2.15. The van der Waals surface area contributed by atoms with Gasteiger partial charge in [-0.3, -0.25) is 9.59 Å². The molecule has 1 aliphatic rings. The van der Waals surface area contributed by atoms with Crippen molar-refractivity contribution < 1.29 is 24.2 Å². The van der Waals surface area contributed by atoms with Crippen molar-refractivity contribution in [2.45, 2.75) is 32.8 Å². The first kappa shape index (κ1) is 15.9. The van der Waals surface area contributed by atoms with Gasteiger partial charge in [-0.15, -0.1) is 0 Å². The van der Waals surface area contributed by atoms with E-state index in [4.69, 9.17) is 14.6 Å². The van der Waals surface area contributed by atoms with E-state index in [9.17, 15) is 9.59 Å². The smallest absolute Gasteiger partial charge is 0.303 e. The minimum Gasteiger partial charge on any atom is -0.481 e. The third-order valence-corrected chi connectivity index (χ3v) is 2.94. The number of carboxylic acids is 1. The summed E-state index contributed by atoms with van der Waals surface area (Å²) in [7, 11) is 0. The van der Waals surface area contributed by atoms with E-state index < -0.39 is 12.1 Å². The van der Waals surface area contributed by atoms with Crippen molar-refractivity contribution in [1.29, 1.82) is 0 Å². The molecule has 0 bridgehead atoms. The number of rotatable bonds is 7. The molecule has 0 saturated carbocycles. The van der Waals surface area contributed by atoms with Crippen LogP contribution in [0.2, 0.25) is 0 Å². The van der Waals surface area contributed by atoms with Gasteiger partial charge in [0.2, 0.25) is 0 Å². The molecule has 2 N–H and O–H groups in total. The Morgan fingerprint density at radius 1 is 1.37 bits per heavy atom. The first-order chi connectivity index (χ1) is 8.99. The van der Waals surface area contributed by atoms with Gasteiger partial charge in [0.25, 0.3) is 5.91 Å². The lowest BCUT2D eigenvalue weighted by Crippen LogP contribution is -2.44. The highest BCUT2D eigenvalue weighted by Gasteiger charge is 2.24. The topological polar surface area (TPSA) is 84.9 Å². The molecule has 1 aliphatic heterocycles. The molecule has 2 atom stereocenters. The molecule has 110 valence electrons. The van der Waals surface area contributed by atoms with Crippen molar-refractivity contribution in [3.05, 3.63) is 0 Å². The van der Waals surface area contributed by atoms with Crippen LogP contribution in [-0.2, 0) is 19.1 Å². The Morgan fingerprint density at radius 3 is 2.63 bits per heavy atom. The zero-order valence-electron chi connectivity index (χ0n) is 11.6. The van der Waals surface area contributed by atoms with E-state index in [-0.39, 0.29) is 24.9 Å². The molecule has 1 saturated heterocycles. The lowest BCUT2D eigenvalue weighted by atomic mass is 9.94. The van der Waals surface area contributed by atoms with Crippen molar-refractivity contribution in [2.24, 2.45) is 11.8 Å². The van der Waals surface area contributed by atoms with E-state index >= 15 is 0 Å². The van der Waals surface area contributed by atoms with Gasteiger partial charge in [0.15, 0.2) is 6.10 Å². The fraction of sp³-hybridized carbons (Fsp3) is 0.846. The maximum absolute atomic E-state index is 11.8. The number of carbonyl (C=O) groups is 2. The summed E-state index contributed by atoms with van der Waals surface area (Å²) in [6.07, 6.45) is 0.271. The summed E-state index contributed by atoms with van der Waals surface area (Å²) in [4.78, 5) is 22.6. The Morgan fingerprint density at radius 2 is 2.11 bits per heavy atom. The van der Waals surface area contributed by atoms with E-state index in [1.807, 2.05) is 13.8 Å². The van der Waals surface area contributed by atoms with Gasteiger partial charge in [-0.05, 0) is 18.3 Å². The molecule has 0 spiro atoms. The van der Waals surface area contributed by atoms with Crippen LogP contribution in [0, 0.1) is 11.8 Å². The molecule has 0 aromatic carbocycles. The fourth-order valence-corrected chi connectivity index (χ4v) is 2.15. The molecule has 0 aliphatic carbocycles. The SMILES string of the molecule is CC(C)CC(CNC(=O)C1COCCO1)CC(=O)O. The van der Waals surface area contributed by atoms with E-state index in [0.717, 1.165) is 6.42 Å². The highest BCUT2D eigenvalue weighted by atomic mass is 16.6. The summed E-state index contributed by atoms with van der Waals surface area (Å²) < 4.78 is 10.4. The molecule has 1 amide bonds. The second kappa shape index (κ2) is 8.12. The Kier molecular flexibility index (Phi) is 6.80. The molecule has 19 heavy (non-hydrogen) atoms. The molecular formula is C13H23NO5. The third kappa shape index (κ3) is 6.54. The van der Waals surface area contributed by atoms with Gasteiger partial charge in [-0.1, -0.05) is 13.8 Å². The highest BCUT2D eigenvalue weighted by molar-refractivity contribution is 5.81. The standard InChI is InChI=1S/C13H23NO5/c1-9(2)5-10(6-12(15)16)7-14-13(17)11-8-18-3-4-19-11/h9-11H,3-8H2,1-2H3,(H,14,17)(H,15,16). The molecular weight excluding hydrogens is 250 g/mol. The van der Waals surface area contributed by atoms with E-state index in [0.29, 0.717) is 25.7 Å². The lowest BCUT2D eigenvalue weighted by Gasteiger charge is -2.24. The molecule has 1 rings (SSSR count). The average Bonchev–Trinajstić information content (AvgIpc) is 2.35. The first-order valence-corrected chi connectivity index (χ1v) is 6.68. The summed E-state index contributed by atoms with van der Waals surface area (Å²) in [5.74, 6) is -0.711. The predicted molar refractivity (Wildman–Crippen MR) is 68.8 cm³/mol. The molecule has 6 nitrogen and oxygen atoms in total. The Labute approximate surface area is 113 Å². The summed E-state index contributed by atoms with van der Waals surface area (Å²) in [5.41, 5.74) is 0. The zero-order valence-corrected chi connectivity index (χ0v) is 11.6. The normalized spacial score (nSPS) is 21.1. The highest BCUT2D eigenvalue weighted by Crippen LogP contribution is 2.15. The number of amides is 1. The van der Waals surface area contributed by atoms with Gasteiger partial charge in [-0.2, -0.15) is 0 Å². The van der Waals surface area contributed by atoms with Gasteiger partial charge in [0, 0.05) is 13.0 Å². The third-order valence-electron chi connectivity index (χ3n) is 2.94. The van der Waals surface area contributed by atoms with Gasteiger partial charge >= 0.3 is 5.97 Å². The van der Waals surface area contributed by atoms with Crippen LogP contribution in [0.15, 0.2) is 0 Å². The Balaban J connectivity index is 2.36. The van der Waals surface area contributed by atoms with Crippen LogP contribution in [0.3, 0.4) is 0 Å². The molecule has 1 heterocycles. The van der Waals surface area contributed by atoms with Crippen LogP contribution >= 0.6 is 0 Å². The van der Waals surface area contributed by atoms with Gasteiger partial charge < -0.3 is 19.9 Å². The number of hydrogen-bond acceptors (Lipinski definition) is 4. The number of nitrogens with one attached hydrogen (secondary N) is 1. The maximum atomic E-state index is 11.8. The van der Waals surface area contributed by atoms with E-state index in [2.05, 4.69) is 5.32 Å². The average molecular weight is 273 g/mol. The van der Waals surface area contributed by atoms with E-state index in [1.54, 1.807) is 0 Å². The second-order valence-corrected chi connectivity index (χ2v) is 5.27. The van der Waals surface area contributed by atoms with Crippen LogP contribution in [0.1, 0.15) is 26.7 Å². The van der Waals surface area contributed by atoms with Crippen molar-refractivity contribution in [3.63, 3.8) is 0 Å². The monoisotopic (exact) mass is 273 g/mol. The number of hydrogen-bond donors (Lipinski definition) is 2. The van der Waals surface area contributed by atoms with Crippen LogP contribution < -0.4 is 5.32 Å². The first-order valence-electron chi connectivity index (χ1n) is 6.68. The molecule has 0 aromatic heterocycles. The zero-order chi connectivity index (χ0) is 14.3. The molecule has 0 aromatic rings. The van der Waals surface area contributed by atoms with Crippen LogP contribution in [0.4, 0.5) is 0 Å². The quantitative estimate of drug-likeness (QED) is 0.711. The number of ether oxygens (including phenoxy) is 2. The largest absolute Gasteiger partial charge is 0.481 e. The van der Waals surface area contributed by atoms with Crippen LogP contribution in [-0.4, -0.2) is 49.5 Å².